The molecule has 1 saturated heterocycles. The van der Waals surface area contributed by atoms with Gasteiger partial charge in [0, 0.05) is 30.8 Å². The first-order chi connectivity index (χ1) is 20.7. The van der Waals surface area contributed by atoms with E-state index in [4.69, 9.17) is 32.9 Å². The fourth-order valence-corrected chi connectivity index (χ4v) is 3.61. The van der Waals surface area contributed by atoms with Crippen LogP contribution >= 0.6 is 0 Å². The van der Waals surface area contributed by atoms with Crippen LogP contribution in [0.1, 0.15) is 36.5 Å². The zero-order valence-corrected chi connectivity index (χ0v) is 23.8. The third kappa shape index (κ3) is 11.5. The van der Waals surface area contributed by atoms with Crippen molar-refractivity contribution in [1.29, 1.82) is 0 Å². The normalized spacial score (nSPS) is 13.0. The smallest absolute Gasteiger partial charge is 0.347 e. The second-order valence-electron chi connectivity index (χ2n) is 9.09. The summed E-state index contributed by atoms with van der Waals surface area (Å²) in [6.07, 6.45) is -0.0167. The van der Waals surface area contributed by atoms with Gasteiger partial charge in [0.2, 0.25) is 0 Å². The number of fused-ring (bicyclic) bond motifs is 1. The van der Waals surface area contributed by atoms with Gasteiger partial charge in [-0.25, -0.2) is 9.59 Å². The molecule has 3 rings (SSSR count). The van der Waals surface area contributed by atoms with E-state index in [9.17, 15) is 28.8 Å². The molecule has 0 spiro atoms. The minimum atomic E-state index is -0.731. The Morgan fingerprint density at radius 1 is 0.837 bits per heavy atom. The number of benzene rings is 1. The van der Waals surface area contributed by atoms with Gasteiger partial charge in [-0.1, -0.05) is 0 Å². The van der Waals surface area contributed by atoms with Crippen LogP contribution in [-0.2, 0) is 43.0 Å². The van der Waals surface area contributed by atoms with Gasteiger partial charge in [-0.15, -0.1) is 5.06 Å². The van der Waals surface area contributed by atoms with Crippen molar-refractivity contribution in [1.82, 2.24) is 10.4 Å². The lowest BCUT2D eigenvalue weighted by atomic mass is 10.1. The summed E-state index contributed by atoms with van der Waals surface area (Å²) in [6, 6.07) is 6.17. The summed E-state index contributed by atoms with van der Waals surface area (Å²) in [4.78, 5) is 74.5. The zero-order chi connectivity index (χ0) is 31.0. The summed E-state index contributed by atoms with van der Waals surface area (Å²) < 4.78 is 32.0. The number of imide groups is 1. The van der Waals surface area contributed by atoms with Crippen LogP contribution in [0, 0.1) is 0 Å². The summed E-state index contributed by atoms with van der Waals surface area (Å²) in [5.74, 6) is -2.19. The Labute approximate surface area is 246 Å². The van der Waals surface area contributed by atoms with E-state index < -0.39 is 23.4 Å². The number of nitrogens with zero attached hydrogens (tertiary/aromatic N) is 1. The monoisotopic (exact) mass is 606 g/mol. The van der Waals surface area contributed by atoms with Crippen LogP contribution in [0.2, 0.25) is 0 Å². The number of nitrogens with one attached hydrogen (secondary N) is 1. The van der Waals surface area contributed by atoms with Crippen molar-refractivity contribution in [3.63, 3.8) is 0 Å². The van der Waals surface area contributed by atoms with Crippen LogP contribution in [0.15, 0.2) is 33.5 Å². The van der Waals surface area contributed by atoms with Crippen molar-refractivity contribution in [3.8, 4) is 5.75 Å². The lowest BCUT2D eigenvalue weighted by molar-refractivity contribution is -0.198. The number of hydroxylamine groups is 2. The maximum Gasteiger partial charge on any atom is 0.347 e. The molecule has 15 nitrogen and oxygen atoms in total. The molecule has 0 radical (unpaired) electrons. The van der Waals surface area contributed by atoms with Gasteiger partial charge in [0.15, 0.2) is 12.4 Å². The molecule has 1 aliphatic heterocycles. The molecule has 0 aliphatic carbocycles. The largest absolute Gasteiger partial charge is 0.484 e. The number of rotatable bonds is 20. The van der Waals surface area contributed by atoms with Crippen LogP contribution in [0.3, 0.4) is 0 Å². The number of ether oxygens (including phenoxy) is 5. The van der Waals surface area contributed by atoms with Crippen molar-refractivity contribution in [2.75, 3.05) is 66.0 Å². The van der Waals surface area contributed by atoms with E-state index in [0.717, 1.165) is 0 Å². The third-order valence-electron chi connectivity index (χ3n) is 5.79. The van der Waals surface area contributed by atoms with Gasteiger partial charge in [0.05, 0.1) is 59.3 Å². The van der Waals surface area contributed by atoms with Crippen LogP contribution in [0.5, 0.6) is 5.75 Å². The lowest BCUT2D eigenvalue weighted by Gasteiger charge is -2.12. The van der Waals surface area contributed by atoms with Crippen LogP contribution in [0.25, 0.3) is 11.0 Å². The summed E-state index contributed by atoms with van der Waals surface area (Å²) in [5, 5.41) is 3.72. The first-order valence-corrected chi connectivity index (χ1v) is 13.6. The van der Waals surface area contributed by atoms with E-state index in [0.29, 0.717) is 49.2 Å². The number of carbonyl (C=O) groups is 5. The Bertz CT molecular complexity index is 1320. The SMILES string of the molecule is CC(=O)c1cc2ccc(OCC(=O)NCCOCCOCCOCCOCCC(=O)ON3C(=O)CCC3=O)cc2oc1=O. The van der Waals surface area contributed by atoms with Crippen molar-refractivity contribution in [3.05, 3.63) is 40.2 Å². The predicted octanol–water partition coefficient (Wildman–Crippen LogP) is 0.554. The average molecular weight is 607 g/mol. The Hall–Kier alpha value is -4.18. The maximum atomic E-state index is 12.0. The third-order valence-corrected chi connectivity index (χ3v) is 5.79. The zero-order valence-electron chi connectivity index (χ0n) is 23.8. The molecule has 0 atom stereocenters. The van der Waals surface area contributed by atoms with Gasteiger partial charge in [-0.3, -0.25) is 19.2 Å². The summed E-state index contributed by atoms with van der Waals surface area (Å²) in [7, 11) is 0. The maximum absolute atomic E-state index is 12.0. The van der Waals surface area contributed by atoms with Crippen molar-refractivity contribution >= 4 is 40.4 Å². The summed E-state index contributed by atoms with van der Waals surface area (Å²) in [6.45, 7) is 3.55. The molecule has 0 unspecified atom stereocenters. The highest BCUT2D eigenvalue weighted by atomic mass is 16.7. The molecular weight excluding hydrogens is 572 g/mol. The fourth-order valence-electron chi connectivity index (χ4n) is 3.61. The highest BCUT2D eigenvalue weighted by molar-refractivity contribution is 6.01. The number of Topliss-reactive ketones (excluding diaryl/α,β-unsaturated/α-hetero) is 1. The summed E-state index contributed by atoms with van der Waals surface area (Å²) >= 11 is 0. The van der Waals surface area contributed by atoms with E-state index in [-0.39, 0.29) is 75.1 Å². The number of ketones is 1. The minimum Gasteiger partial charge on any atom is -0.484 e. The molecule has 0 saturated carbocycles. The van der Waals surface area contributed by atoms with Gasteiger partial charge in [-0.05, 0) is 25.1 Å². The Morgan fingerprint density at radius 2 is 1.44 bits per heavy atom. The van der Waals surface area contributed by atoms with Gasteiger partial charge in [0.1, 0.15) is 16.9 Å². The minimum absolute atomic E-state index is 0.0302. The molecule has 15 heteroatoms. The quantitative estimate of drug-likeness (QED) is 0.0954. The van der Waals surface area contributed by atoms with Crippen molar-refractivity contribution in [2.45, 2.75) is 26.2 Å². The van der Waals surface area contributed by atoms with Gasteiger partial charge in [0.25, 0.3) is 17.7 Å². The Balaban J connectivity index is 1.10. The highest BCUT2D eigenvalue weighted by Crippen LogP contribution is 2.20. The molecule has 1 aromatic heterocycles. The number of carbonyl (C=O) groups excluding carboxylic acids is 5. The summed E-state index contributed by atoms with van der Waals surface area (Å²) in [5.41, 5.74) is -0.516. The average Bonchev–Trinajstić information content (AvgIpc) is 3.29. The molecular formula is C28H34N2O13. The second kappa shape index (κ2) is 17.7. The number of amides is 3. The topological polar surface area (TPSA) is 186 Å². The molecule has 2 aromatic rings. The number of hydrogen-bond acceptors (Lipinski definition) is 13. The van der Waals surface area contributed by atoms with E-state index in [2.05, 4.69) is 5.32 Å². The molecule has 0 bridgehead atoms. The molecule has 2 heterocycles. The first-order valence-electron chi connectivity index (χ1n) is 13.6. The van der Waals surface area contributed by atoms with E-state index in [1.165, 1.54) is 19.1 Å². The molecule has 3 amide bonds. The van der Waals surface area contributed by atoms with E-state index in [1.54, 1.807) is 12.1 Å². The van der Waals surface area contributed by atoms with Crippen molar-refractivity contribution in [2.24, 2.45) is 0 Å². The van der Waals surface area contributed by atoms with Gasteiger partial charge >= 0.3 is 11.6 Å². The fraction of sp³-hybridized carbons (Fsp3) is 0.500. The lowest BCUT2D eigenvalue weighted by Crippen LogP contribution is -2.32. The van der Waals surface area contributed by atoms with Crippen LogP contribution in [-0.4, -0.2) is 101 Å². The highest BCUT2D eigenvalue weighted by Gasteiger charge is 2.32. The predicted molar refractivity (Wildman–Crippen MR) is 146 cm³/mol. The Morgan fingerprint density at radius 3 is 2.07 bits per heavy atom. The second-order valence-corrected chi connectivity index (χ2v) is 9.09. The first kappa shape index (κ1) is 33.3. The Kier molecular flexibility index (Phi) is 13.7. The van der Waals surface area contributed by atoms with Crippen molar-refractivity contribution < 1.29 is 56.9 Å². The molecule has 1 aromatic carbocycles. The van der Waals surface area contributed by atoms with E-state index >= 15 is 0 Å². The van der Waals surface area contributed by atoms with Gasteiger partial charge in [-0.2, -0.15) is 0 Å². The van der Waals surface area contributed by atoms with E-state index in [1.807, 2.05) is 0 Å². The molecule has 1 N–H and O–H groups in total. The van der Waals surface area contributed by atoms with Crippen LogP contribution in [0.4, 0.5) is 0 Å². The molecule has 234 valence electrons. The van der Waals surface area contributed by atoms with Gasteiger partial charge < -0.3 is 38.3 Å². The van der Waals surface area contributed by atoms with Crippen LogP contribution < -0.4 is 15.7 Å². The molecule has 1 aliphatic rings. The molecule has 43 heavy (non-hydrogen) atoms. The standard InChI is InChI=1S/C28H34N2O13/c1-19(31)22-16-20-2-3-21(17-23(20)42-28(22)36)41-18-24(32)29-7-9-38-11-13-40-15-14-39-12-10-37-8-6-27(35)43-30-25(33)4-5-26(30)34/h2-3,16-17H,4-15,18H2,1H3,(H,29,32). The number of hydrogen-bond donors (Lipinski definition) is 1. The molecule has 1 fully saturated rings.